The van der Waals surface area contributed by atoms with Crippen LogP contribution < -0.4 is 4.74 Å². The molecule has 0 bridgehead atoms. The summed E-state index contributed by atoms with van der Waals surface area (Å²) < 4.78 is 10.7. The van der Waals surface area contributed by atoms with Crippen molar-refractivity contribution in [1.29, 1.82) is 0 Å². The van der Waals surface area contributed by atoms with Crippen molar-refractivity contribution in [2.24, 2.45) is 5.10 Å². The van der Waals surface area contributed by atoms with Crippen molar-refractivity contribution in [3.63, 3.8) is 0 Å². The number of carbonyl (C=O) groups excluding carboxylic acids is 1. The van der Waals surface area contributed by atoms with Crippen molar-refractivity contribution < 1.29 is 14.3 Å². The summed E-state index contributed by atoms with van der Waals surface area (Å²) in [6, 6.07) is 17.9. The van der Waals surface area contributed by atoms with Gasteiger partial charge in [-0.1, -0.05) is 42.5 Å². The normalized spacial score (nSPS) is 19.8. The highest BCUT2D eigenvalue weighted by atomic mass is 16.5. The zero-order valence-corrected chi connectivity index (χ0v) is 16.8. The Morgan fingerprint density at radius 1 is 1.14 bits per heavy atom. The predicted molar refractivity (Wildman–Crippen MR) is 112 cm³/mol. The second kappa shape index (κ2) is 9.20. The second-order valence-electron chi connectivity index (χ2n) is 7.35. The van der Waals surface area contributed by atoms with Gasteiger partial charge in [0.05, 0.1) is 32.1 Å². The first-order chi connectivity index (χ1) is 14.2. The lowest BCUT2D eigenvalue weighted by Crippen LogP contribution is -2.39. The fourth-order valence-corrected chi connectivity index (χ4v) is 3.85. The molecule has 1 fully saturated rings. The van der Waals surface area contributed by atoms with Gasteiger partial charge in [-0.15, -0.1) is 0 Å². The van der Waals surface area contributed by atoms with Crippen molar-refractivity contribution >= 4 is 11.6 Å². The van der Waals surface area contributed by atoms with E-state index in [0.717, 1.165) is 55.4 Å². The van der Waals surface area contributed by atoms with Crippen molar-refractivity contribution in [3.8, 4) is 5.75 Å². The summed E-state index contributed by atoms with van der Waals surface area (Å²) in [5, 5.41) is 6.44. The molecule has 1 atom stereocenters. The zero-order valence-electron chi connectivity index (χ0n) is 16.8. The van der Waals surface area contributed by atoms with Crippen LogP contribution in [0, 0.1) is 0 Å². The minimum atomic E-state index is -0.0745. The molecule has 1 saturated heterocycles. The molecule has 2 aliphatic heterocycles. The monoisotopic (exact) mass is 393 g/mol. The Morgan fingerprint density at radius 2 is 1.93 bits per heavy atom. The number of morpholine rings is 1. The van der Waals surface area contributed by atoms with E-state index in [0.29, 0.717) is 12.8 Å². The van der Waals surface area contributed by atoms with Crippen LogP contribution in [0.5, 0.6) is 5.75 Å². The highest BCUT2D eigenvalue weighted by Crippen LogP contribution is 2.33. The van der Waals surface area contributed by atoms with Gasteiger partial charge in [0.2, 0.25) is 5.91 Å². The van der Waals surface area contributed by atoms with Gasteiger partial charge in [-0.05, 0) is 17.7 Å². The third-order valence-corrected chi connectivity index (χ3v) is 5.50. The van der Waals surface area contributed by atoms with Crippen LogP contribution in [-0.4, -0.2) is 61.5 Å². The number of ether oxygens (including phenoxy) is 2. The van der Waals surface area contributed by atoms with Gasteiger partial charge in [-0.2, -0.15) is 5.10 Å². The van der Waals surface area contributed by atoms with Crippen LogP contribution in [0.2, 0.25) is 0 Å². The molecule has 152 valence electrons. The van der Waals surface area contributed by atoms with Crippen LogP contribution in [-0.2, 0) is 9.53 Å². The molecule has 1 unspecified atom stereocenters. The Kier molecular flexibility index (Phi) is 6.22. The van der Waals surface area contributed by atoms with Gasteiger partial charge in [0.1, 0.15) is 5.75 Å². The maximum absolute atomic E-state index is 13.1. The molecule has 0 spiro atoms. The molecule has 2 aliphatic rings. The van der Waals surface area contributed by atoms with Gasteiger partial charge in [0.15, 0.2) is 0 Å². The third-order valence-electron chi connectivity index (χ3n) is 5.50. The lowest BCUT2D eigenvalue weighted by atomic mass is 9.98. The lowest BCUT2D eigenvalue weighted by molar-refractivity contribution is -0.133. The fraction of sp³-hybridized carbons (Fsp3) is 0.391. The topological polar surface area (TPSA) is 54.4 Å². The molecule has 2 heterocycles. The predicted octanol–water partition coefficient (Wildman–Crippen LogP) is 3.10. The molecule has 6 nitrogen and oxygen atoms in total. The number of carbonyl (C=O) groups is 1. The number of methoxy groups -OCH3 is 1. The molecular formula is C23H27N3O3. The molecule has 2 aromatic rings. The van der Waals surface area contributed by atoms with Gasteiger partial charge in [0, 0.05) is 38.0 Å². The minimum Gasteiger partial charge on any atom is -0.497 e. The Bertz CT molecular complexity index is 863. The molecule has 0 radical (unpaired) electrons. The van der Waals surface area contributed by atoms with E-state index in [2.05, 4.69) is 17.0 Å². The molecule has 1 amide bonds. The number of rotatable bonds is 6. The average Bonchev–Trinajstić information content (AvgIpc) is 3.24. The number of hydrogen-bond acceptors (Lipinski definition) is 5. The Morgan fingerprint density at radius 3 is 2.69 bits per heavy atom. The fourth-order valence-electron chi connectivity index (χ4n) is 3.85. The molecule has 29 heavy (non-hydrogen) atoms. The standard InChI is InChI=1S/C23H27N3O3/c1-28-20-9-5-8-19(16-20)21-17-22(18-6-3-2-4-7-18)26(24-21)23(27)10-11-25-12-14-29-15-13-25/h2-9,16,22H,10-15,17H2,1H3. The van der Waals surface area contributed by atoms with Crippen LogP contribution in [0.1, 0.15) is 30.0 Å². The molecular weight excluding hydrogens is 366 g/mol. The van der Waals surface area contributed by atoms with Crippen LogP contribution >= 0.6 is 0 Å². The highest BCUT2D eigenvalue weighted by molar-refractivity contribution is 6.03. The maximum atomic E-state index is 13.1. The summed E-state index contributed by atoms with van der Waals surface area (Å²) in [5.74, 6) is 0.849. The summed E-state index contributed by atoms with van der Waals surface area (Å²) in [5.41, 5.74) is 3.01. The quantitative estimate of drug-likeness (QED) is 0.757. The van der Waals surface area contributed by atoms with E-state index >= 15 is 0 Å². The first-order valence-corrected chi connectivity index (χ1v) is 10.1. The summed E-state index contributed by atoms with van der Waals surface area (Å²) in [4.78, 5) is 15.4. The van der Waals surface area contributed by atoms with Crippen LogP contribution in [0.4, 0.5) is 0 Å². The van der Waals surface area contributed by atoms with E-state index in [1.807, 2.05) is 42.5 Å². The van der Waals surface area contributed by atoms with Gasteiger partial charge >= 0.3 is 0 Å². The number of nitrogens with zero attached hydrogens (tertiary/aromatic N) is 3. The Labute approximate surface area is 171 Å². The van der Waals surface area contributed by atoms with Crippen LogP contribution in [0.25, 0.3) is 0 Å². The van der Waals surface area contributed by atoms with Crippen molar-refractivity contribution in [2.75, 3.05) is 40.0 Å². The Hall–Kier alpha value is -2.70. The number of amides is 1. The van der Waals surface area contributed by atoms with Gasteiger partial charge in [-0.3, -0.25) is 9.69 Å². The zero-order chi connectivity index (χ0) is 20.1. The summed E-state index contributed by atoms with van der Waals surface area (Å²) in [6.45, 7) is 3.98. The second-order valence-corrected chi connectivity index (χ2v) is 7.35. The smallest absolute Gasteiger partial charge is 0.244 e. The largest absolute Gasteiger partial charge is 0.497 e. The summed E-state index contributed by atoms with van der Waals surface area (Å²) in [6.07, 6.45) is 1.15. The van der Waals surface area contributed by atoms with E-state index in [1.165, 1.54) is 0 Å². The first-order valence-electron chi connectivity index (χ1n) is 10.1. The highest BCUT2D eigenvalue weighted by Gasteiger charge is 2.33. The van der Waals surface area contributed by atoms with Crippen LogP contribution in [0.15, 0.2) is 59.7 Å². The first kappa shape index (κ1) is 19.6. The number of hydrogen-bond donors (Lipinski definition) is 0. The van der Waals surface area contributed by atoms with Crippen molar-refractivity contribution in [3.05, 3.63) is 65.7 Å². The molecule has 6 heteroatoms. The number of benzene rings is 2. The van der Waals surface area contributed by atoms with Crippen LogP contribution in [0.3, 0.4) is 0 Å². The van der Waals surface area contributed by atoms with Gasteiger partial charge < -0.3 is 9.47 Å². The number of hydrazone groups is 1. The van der Waals surface area contributed by atoms with E-state index in [9.17, 15) is 4.79 Å². The lowest BCUT2D eigenvalue weighted by Gasteiger charge is -2.27. The SMILES string of the molecule is COc1cccc(C2=NN(C(=O)CCN3CCOCC3)C(c3ccccc3)C2)c1. The minimum absolute atomic E-state index is 0.0586. The van der Waals surface area contributed by atoms with Crippen molar-refractivity contribution in [1.82, 2.24) is 9.91 Å². The van der Waals surface area contributed by atoms with E-state index in [1.54, 1.807) is 12.1 Å². The molecule has 4 rings (SSSR count). The molecule has 0 aliphatic carbocycles. The molecule has 0 N–H and O–H groups in total. The van der Waals surface area contributed by atoms with Gasteiger partial charge in [-0.25, -0.2) is 5.01 Å². The summed E-state index contributed by atoms with van der Waals surface area (Å²) >= 11 is 0. The molecule has 0 saturated carbocycles. The molecule has 0 aromatic heterocycles. The van der Waals surface area contributed by atoms with E-state index in [-0.39, 0.29) is 11.9 Å². The van der Waals surface area contributed by atoms with Crippen molar-refractivity contribution in [2.45, 2.75) is 18.9 Å². The average molecular weight is 393 g/mol. The summed E-state index contributed by atoms with van der Waals surface area (Å²) in [7, 11) is 1.66. The maximum Gasteiger partial charge on any atom is 0.244 e. The Balaban J connectivity index is 1.54. The van der Waals surface area contributed by atoms with Gasteiger partial charge in [0.25, 0.3) is 0 Å². The van der Waals surface area contributed by atoms with E-state index in [4.69, 9.17) is 14.6 Å². The molecule has 2 aromatic carbocycles. The van der Waals surface area contributed by atoms with E-state index < -0.39 is 0 Å². The third kappa shape index (κ3) is 4.66.